The van der Waals surface area contributed by atoms with E-state index in [0.717, 1.165) is 4.82 Å². The van der Waals surface area contributed by atoms with E-state index in [-0.39, 0.29) is 0 Å². The molecule has 1 heteroatoms. The van der Waals surface area contributed by atoms with E-state index in [1.807, 2.05) is 0 Å². The van der Waals surface area contributed by atoms with E-state index < -0.39 is 0 Å². The molecule has 0 N–H and O–H groups in total. The van der Waals surface area contributed by atoms with Crippen molar-refractivity contribution in [3.05, 3.63) is 65.7 Å². The van der Waals surface area contributed by atoms with Crippen molar-refractivity contribution < 1.29 is 0 Å². The second kappa shape index (κ2) is 5.08. The summed E-state index contributed by atoms with van der Waals surface area (Å²) in [5.74, 6) is 0. The fraction of sp³-hybridized carbons (Fsp3) is 0.250. The summed E-state index contributed by atoms with van der Waals surface area (Å²) in [7, 11) is 0. The zero-order valence-corrected chi connectivity index (χ0v) is 11.5. The molecule has 0 aromatic heterocycles. The molecule has 1 aliphatic rings. The minimum atomic E-state index is 0.634. The Bertz CT molecular complexity index is 490. The predicted octanol–water partition coefficient (Wildman–Crippen LogP) is 2.99. The molecule has 0 nitrogen and oxygen atoms in total. The van der Waals surface area contributed by atoms with Crippen LogP contribution in [0.5, 0.6) is 0 Å². The molecule has 1 unspecified atom stereocenters. The number of fused-ring (bicyclic) bond motifs is 1. The molecule has 0 heterocycles. The topological polar surface area (TPSA) is 0 Å². The van der Waals surface area contributed by atoms with Gasteiger partial charge in [-0.1, -0.05) is 0 Å². The third kappa shape index (κ3) is 2.62. The normalized spacial score (nSPS) is 18.7. The molecule has 0 bridgehead atoms. The first-order chi connectivity index (χ1) is 8.42. The summed E-state index contributed by atoms with van der Waals surface area (Å²) in [5, 5.41) is 0. The van der Waals surface area contributed by atoms with Crippen molar-refractivity contribution in [1.29, 1.82) is 0 Å². The predicted molar refractivity (Wildman–Crippen MR) is 74.0 cm³/mol. The van der Waals surface area contributed by atoms with Crippen LogP contribution in [0.3, 0.4) is 0 Å². The molecule has 0 saturated heterocycles. The molecule has 0 radical (unpaired) electrons. The standard InChI is InChI=1S/C16H16Se/c1-2-8-15(9-3-1)17-16-11-10-13-6-4-5-7-14(13)12-16/h1-9,16H,10-12H2. The Morgan fingerprint density at radius 3 is 2.35 bits per heavy atom. The van der Waals surface area contributed by atoms with E-state index in [1.165, 1.54) is 19.3 Å². The molecule has 0 spiro atoms. The zero-order valence-electron chi connectivity index (χ0n) is 9.80. The van der Waals surface area contributed by atoms with Crippen molar-refractivity contribution in [3.8, 4) is 0 Å². The number of hydrogen-bond donors (Lipinski definition) is 0. The summed E-state index contributed by atoms with van der Waals surface area (Å²) < 4.78 is 1.55. The van der Waals surface area contributed by atoms with Crippen molar-refractivity contribution in [3.63, 3.8) is 0 Å². The van der Waals surface area contributed by atoms with Crippen molar-refractivity contribution in [1.82, 2.24) is 0 Å². The number of aryl methyl sites for hydroxylation is 1. The molecule has 0 amide bonds. The van der Waals surface area contributed by atoms with Gasteiger partial charge in [0, 0.05) is 0 Å². The zero-order chi connectivity index (χ0) is 11.5. The van der Waals surface area contributed by atoms with Crippen LogP contribution in [-0.4, -0.2) is 15.0 Å². The molecule has 0 fully saturated rings. The molecule has 0 saturated carbocycles. The van der Waals surface area contributed by atoms with Crippen LogP contribution in [0, 0.1) is 0 Å². The Balaban J connectivity index is 1.72. The van der Waals surface area contributed by atoms with E-state index in [0.29, 0.717) is 15.0 Å². The Morgan fingerprint density at radius 1 is 0.824 bits per heavy atom. The Morgan fingerprint density at radius 2 is 1.53 bits per heavy atom. The van der Waals surface area contributed by atoms with Gasteiger partial charge in [0.25, 0.3) is 0 Å². The summed E-state index contributed by atoms with van der Waals surface area (Å²) >= 11 is 0.634. The van der Waals surface area contributed by atoms with Gasteiger partial charge in [0.15, 0.2) is 0 Å². The molecule has 2 aromatic carbocycles. The quantitative estimate of drug-likeness (QED) is 0.745. The molecular weight excluding hydrogens is 271 g/mol. The van der Waals surface area contributed by atoms with Gasteiger partial charge in [-0.05, 0) is 0 Å². The van der Waals surface area contributed by atoms with Gasteiger partial charge in [-0.15, -0.1) is 0 Å². The minimum absolute atomic E-state index is 0.634. The van der Waals surface area contributed by atoms with Gasteiger partial charge in [0.05, 0.1) is 0 Å². The first-order valence-electron chi connectivity index (χ1n) is 6.20. The van der Waals surface area contributed by atoms with Gasteiger partial charge in [-0.2, -0.15) is 0 Å². The second-order valence-corrected chi connectivity index (χ2v) is 7.45. The summed E-state index contributed by atoms with van der Waals surface area (Å²) in [6.07, 6.45) is 3.92. The van der Waals surface area contributed by atoms with Gasteiger partial charge >= 0.3 is 109 Å². The van der Waals surface area contributed by atoms with Crippen molar-refractivity contribution >= 4 is 19.4 Å². The third-order valence-electron chi connectivity index (χ3n) is 3.35. The van der Waals surface area contributed by atoms with Crippen LogP contribution in [0.4, 0.5) is 0 Å². The average Bonchev–Trinajstić information content (AvgIpc) is 2.40. The summed E-state index contributed by atoms with van der Waals surface area (Å²) in [5.41, 5.74) is 3.16. The van der Waals surface area contributed by atoms with Crippen LogP contribution in [0.1, 0.15) is 17.5 Å². The van der Waals surface area contributed by atoms with E-state index in [4.69, 9.17) is 0 Å². The third-order valence-corrected chi connectivity index (χ3v) is 6.03. The van der Waals surface area contributed by atoms with Crippen LogP contribution in [-0.2, 0) is 12.8 Å². The maximum atomic E-state index is 2.31. The average molecular weight is 287 g/mol. The number of benzene rings is 2. The fourth-order valence-electron chi connectivity index (χ4n) is 2.46. The maximum absolute atomic E-state index is 2.31. The fourth-order valence-corrected chi connectivity index (χ4v) is 4.97. The SMILES string of the molecule is c1ccc([Se]C2CCc3ccccc3C2)cc1. The molecule has 2 aromatic rings. The molecule has 17 heavy (non-hydrogen) atoms. The van der Waals surface area contributed by atoms with E-state index in [9.17, 15) is 0 Å². The monoisotopic (exact) mass is 288 g/mol. The first kappa shape index (κ1) is 11.1. The molecule has 86 valence electrons. The Labute approximate surface area is 109 Å². The van der Waals surface area contributed by atoms with Crippen LogP contribution in [0.2, 0.25) is 4.82 Å². The molecule has 0 aliphatic heterocycles. The molecule has 3 rings (SSSR count). The Kier molecular flexibility index (Phi) is 3.31. The first-order valence-corrected chi connectivity index (χ1v) is 8.05. The summed E-state index contributed by atoms with van der Waals surface area (Å²) in [6.45, 7) is 0. The van der Waals surface area contributed by atoms with Crippen molar-refractivity contribution in [2.45, 2.75) is 24.1 Å². The van der Waals surface area contributed by atoms with Gasteiger partial charge in [0.2, 0.25) is 0 Å². The van der Waals surface area contributed by atoms with E-state index in [1.54, 1.807) is 15.6 Å². The van der Waals surface area contributed by atoms with Crippen LogP contribution >= 0.6 is 0 Å². The molecule has 1 atom stereocenters. The summed E-state index contributed by atoms with van der Waals surface area (Å²) in [4.78, 5) is 0.889. The van der Waals surface area contributed by atoms with Gasteiger partial charge in [0.1, 0.15) is 0 Å². The Hall–Kier alpha value is -1.04. The van der Waals surface area contributed by atoms with Crippen LogP contribution in [0.15, 0.2) is 54.6 Å². The van der Waals surface area contributed by atoms with Gasteiger partial charge in [-0.25, -0.2) is 0 Å². The summed E-state index contributed by atoms with van der Waals surface area (Å²) in [6, 6.07) is 19.9. The van der Waals surface area contributed by atoms with Crippen LogP contribution < -0.4 is 4.46 Å². The second-order valence-electron chi connectivity index (χ2n) is 4.56. The van der Waals surface area contributed by atoms with E-state index in [2.05, 4.69) is 54.6 Å². The van der Waals surface area contributed by atoms with Crippen LogP contribution in [0.25, 0.3) is 0 Å². The number of rotatable bonds is 2. The molecular formula is C16H16Se. The van der Waals surface area contributed by atoms with Gasteiger partial charge in [-0.3, -0.25) is 0 Å². The van der Waals surface area contributed by atoms with Crippen molar-refractivity contribution in [2.75, 3.05) is 0 Å². The van der Waals surface area contributed by atoms with Crippen molar-refractivity contribution in [2.24, 2.45) is 0 Å². The van der Waals surface area contributed by atoms with E-state index >= 15 is 0 Å². The van der Waals surface area contributed by atoms with Gasteiger partial charge < -0.3 is 0 Å². The number of hydrogen-bond acceptors (Lipinski definition) is 0. The molecule has 1 aliphatic carbocycles.